The first-order valence-corrected chi connectivity index (χ1v) is 11.7. The number of nitrogens with two attached hydrogens (primary N) is 2. The molecule has 2 aromatic carbocycles. The summed E-state index contributed by atoms with van der Waals surface area (Å²) in [5, 5.41) is 8.84. The fourth-order valence-electron chi connectivity index (χ4n) is 6.76. The van der Waals surface area contributed by atoms with Crippen LogP contribution < -0.4 is 16.4 Å². The number of nitrogens with one attached hydrogen (secondary N) is 2. The molecule has 0 atom stereocenters. The van der Waals surface area contributed by atoms with E-state index in [1.54, 1.807) is 24.3 Å². The molecule has 6 N–H and O–H groups in total. The Balaban J connectivity index is 1.22. The van der Waals surface area contributed by atoms with Gasteiger partial charge in [-0.1, -0.05) is 24.3 Å². The van der Waals surface area contributed by atoms with E-state index in [4.69, 9.17) is 11.3 Å². The van der Waals surface area contributed by atoms with E-state index in [1.807, 2.05) is 30.5 Å². The smallest absolute Gasteiger partial charge is 0.255 e. The van der Waals surface area contributed by atoms with E-state index >= 15 is 0 Å². The Morgan fingerprint density at radius 1 is 1.03 bits per heavy atom. The molecule has 0 saturated heterocycles. The van der Waals surface area contributed by atoms with Crippen LogP contribution in [0.2, 0.25) is 0 Å². The summed E-state index contributed by atoms with van der Waals surface area (Å²) in [6, 6.07) is 14.4. The molecule has 32 heavy (non-hydrogen) atoms. The summed E-state index contributed by atoms with van der Waals surface area (Å²) in [5.41, 5.74) is 17.2. The van der Waals surface area contributed by atoms with Crippen molar-refractivity contribution < 1.29 is 10.1 Å². The van der Waals surface area contributed by atoms with E-state index in [-0.39, 0.29) is 5.91 Å². The second-order valence-corrected chi connectivity index (χ2v) is 10.1. The first-order valence-electron chi connectivity index (χ1n) is 11.7. The molecular weight excluding hydrogens is 398 g/mol. The minimum absolute atomic E-state index is 0.212. The van der Waals surface area contributed by atoms with Gasteiger partial charge in [0.05, 0.1) is 17.9 Å². The molecule has 166 valence electrons. The lowest BCUT2D eigenvalue weighted by molar-refractivity contribution is -0.604. The van der Waals surface area contributed by atoms with Gasteiger partial charge in [0.1, 0.15) is 11.9 Å². The van der Waals surface area contributed by atoms with Gasteiger partial charge in [-0.2, -0.15) is 5.11 Å². The van der Waals surface area contributed by atoms with Crippen LogP contribution >= 0.6 is 0 Å². The zero-order valence-corrected chi connectivity index (χ0v) is 18.4. The second kappa shape index (κ2) is 8.51. The van der Waals surface area contributed by atoms with Crippen molar-refractivity contribution in [3.63, 3.8) is 0 Å². The average Bonchev–Trinajstić information content (AvgIpc) is 2.77. The van der Waals surface area contributed by atoms with E-state index in [1.165, 1.54) is 38.5 Å². The molecule has 4 aliphatic carbocycles. The molecule has 1 amide bonds. The molecule has 6 rings (SSSR count). The largest absolute Gasteiger partial charge is 0.397 e. The number of nitrogens with zero attached hydrogens (tertiary/aromatic N) is 1. The number of para-hydroxylation sites is 2. The average molecular weight is 431 g/mol. The van der Waals surface area contributed by atoms with Gasteiger partial charge in [0.25, 0.3) is 5.91 Å². The first kappa shape index (κ1) is 20.9. The van der Waals surface area contributed by atoms with Crippen molar-refractivity contribution in [1.29, 1.82) is 5.53 Å². The quantitative estimate of drug-likeness (QED) is 0.379. The van der Waals surface area contributed by atoms with Gasteiger partial charge in [0.15, 0.2) is 0 Å². The van der Waals surface area contributed by atoms with Crippen LogP contribution in [0.15, 0.2) is 59.8 Å². The van der Waals surface area contributed by atoms with Gasteiger partial charge in [-0.15, -0.1) is 0 Å². The summed E-state index contributed by atoms with van der Waals surface area (Å²) in [6.45, 7) is 1.09. The Bertz CT molecular complexity index is 1010. The summed E-state index contributed by atoms with van der Waals surface area (Å²) in [7, 11) is 0. The maximum atomic E-state index is 12.5. The molecule has 0 aromatic heterocycles. The Kier molecular flexibility index (Phi) is 5.55. The maximum Gasteiger partial charge on any atom is 0.255 e. The molecule has 4 aliphatic rings. The van der Waals surface area contributed by atoms with Crippen LogP contribution in [-0.4, -0.2) is 12.5 Å². The van der Waals surface area contributed by atoms with Crippen molar-refractivity contribution >= 4 is 23.0 Å². The van der Waals surface area contributed by atoms with Crippen LogP contribution in [0.1, 0.15) is 54.4 Å². The summed E-state index contributed by atoms with van der Waals surface area (Å²) in [5.74, 6) is 2.63. The van der Waals surface area contributed by atoms with Crippen LogP contribution in [0.5, 0.6) is 0 Å². The summed E-state index contributed by atoms with van der Waals surface area (Å²) in [4.78, 5) is 12.5. The van der Waals surface area contributed by atoms with E-state index in [0.717, 1.165) is 29.9 Å². The molecule has 0 spiro atoms. The number of anilines is 2. The van der Waals surface area contributed by atoms with Gasteiger partial charge in [-0.3, -0.25) is 4.79 Å². The van der Waals surface area contributed by atoms with Crippen molar-refractivity contribution in [3.05, 3.63) is 65.9 Å². The number of hydrogen-bond donors (Lipinski definition) is 4. The summed E-state index contributed by atoms with van der Waals surface area (Å²) in [6.07, 6.45) is 10.5. The number of carbonyl (C=O) groups is 1. The SMILES string of the molecule is N=N/C(=C\[NH2+]CC12CC3CC(CC(C3)C1)C2)c1ccc(C(=O)Nc2ccccc2N)cc1. The Morgan fingerprint density at radius 2 is 1.62 bits per heavy atom. The molecule has 2 aromatic rings. The molecule has 0 unspecified atom stereocenters. The van der Waals surface area contributed by atoms with E-state index < -0.39 is 0 Å². The van der Waals surface area contributed by atoms with Crippen LogP contribution in [0.3, 0.4) is 0 Å². The van der Waals surface area contributed by atoms with Crippen molar-refractivity contribution in [2.24, 2.45) is 28.3 Å². The molecular formula is C26H32N5O+. The molecule has 0 aliphatic heterocycles. The molecule has 4 saturated carbocycles. The van der Waals surface area contributed by atoms with Gasteiger partial charge in [-0.25, -0.2) is 5.53 Å². The van der Waals surface area contributed by atoms with Gasteiger partial charge >= 0.3 is 0 Å². The molecule has 0 radical (unpaired) electrons. The molecule has 4 bridgehead atoms. The zero-order chi connectivity index (χ0) is 22.1. The minimum Gasteiger partial charge on any atom is -0.397 e. The third-order valence-electron chi connectivity index (χ3n) is 7.76. The summed E-state index contributed by atoms with van der Waals surface area (Å²) >= 11 is 0. The Morgan fingerprint density at radius 3 is 2.22 bits per heavy atom. The number of quaternary nitrogens is 1. The highest BCUT2D eigenvalue weighted by molar-refractivity contribution is 6.05. The number of rotatable bonds is 7. The van der Waals surface area contributed by atoms with Crippen molar-refractivity contribution in [2.45, 2.75) is 38.5 Å². The van der Waals surface area contributed by atoms with Gasteiger partial charge in [-0.05, 0) is 80.5 Å². The fraction of sp³-hybridized carbons (Fsp3) is 0.423. The van der Waals surface area contributed by atoms with Gasteiger partial charge < -0.3 is 16.4 Å². The molecule has 6 nitrogen and oxygen atoms in total. The topological polar surface area (TPSA) is 108 Å². The normalized spacial score (nSPS) is 28.5. The highest BCUT2D eigenvalue weighted by atomic mass is 16.1. The lowest BCUT2D eigenvalue weighted by Crippen LogP contribution is -2.82. The van der Waals surface area contributed by atoms with E-state index in [2.05, 4.69) is 15.7 Å². The predicted molar refractivity (Wildman–Crippen MR) is 126 cm³/mol. The summed E-state index contributed by atoms with van der Waals surface area (Å²) < 4.78 is 0. The van der Waals surface area contributed by atoms with Gasteiger partial charge in [0, 0.05) is 16.5 Å². The number of nitrogen functional groups attached to an aromatic ring is 1. The van der Waals surface area contributed by atoms with Crippen LogP contribution in [-0.2, 0) is 0 Å². The molecule has 0 heterocycles. The van der Waals surface area contributed by atoms with Crippen LogP contribution in [0.4, 0.5) is 11.4 Å². The van der Waals surface area contributed by atoms with E-state index in [0.29, 0.717) is 28.1 Å². The molecule has 6 heteroatoms. The third-order valence-corrected chi connectivity index (χ3v) is 7.76. The minimum atomic E-state index is -0.212. The number of amides is 1. The van der Waals surface area contributed by atoms with Crippen molar-refractivity contribution in [1.82, 2.24) is 0 Å². The standard InChI is InChI=1S/C26H31N5O/c27-22-3-1-2-4-23(22)30-25(32)21-7-5-20(6-8-21)24(31-28)15-29-16-26-12-17-9-18(13-26)11-19(10-17)14-26/h1-8,15,17-19,28-29H,9-14,16,27H2,(H,30,32)/p+1/b24-15-,31-28?. The monoisotopic (exact) mass is 430 g/mol. The third kappa shape index (κ3) is 4.19. The fourth-order valence-corrected chi connectivity index (χ4v) is 6.76. The molecule has 4 fully saturated rings. The lowest BCUT2D eigenvalue weighted by atomic mass is 9.49. The Labute approximate surface area is 189 Å². The van der Waals surface area contributed by atoms with Crippen LogP contribution in [0.25, 0.3) is 5.70 Å². The van der Waals surface area contributed by atoms with E-state index in [9.17, 15) is 4.79 Å². The number of hydrogen-bond acceptors (Lipinski definition) is 4. The number of carbonyl (C=O) groups excluding carboxylic acids is 1. The second-order valence-electron chi connectivity index (χ2n) is 10.1. The van der Waals surface area contributed by atoms with Crippen LogP contribution in [0, 0.1) is 28.7 Å². The maximum absolute atomic E-state index is 12.5. The zero-order valence-electron chi connectivity index (χ0n) is 18.4. The predicted octanol–water partition coefficient (Wildman–Crippen LogP) is 4.63. The first-order chi connectivity index (χ1) is 15.5. The highest BCUT2D eigenvalue weighted by Gasteiger charge is 2.51. The number of benzene rings is 2. The highest BCUT2D eigenvalue weighted by Crippen LogP contribution is 2.59. The van der Waals surface area contributed by atoms with Crippen molar-refractivity contribution in [3.8, 4) is 0 Å². The Hall–Kier alpha value is -2.99. The van der Waals surface area contributed by atoms with Crippen molar-refractivity contribution in [2.75, 3.05) is 17.6 Å². The van der Waals surface area contributed by atoms with Gasteiger partial charge in [0.2, 0.25) is 0 Å². The lowest BCUT2D eigenvalue weighted by Gasteiger charge is -2.55.